The molecular formula is C23H19N3O5. The smallest absolute Gasteiger partial charge is 0.270 e. The molecule has 1 aliphatic heterocycles. The van der Waals surface area contributed by atoms with Crippen molar-refractivity contribution in [1.82, 2.24) is 5.01 Å². The maximum atomic E-state index is 13.0. The number of nitro groups is 1. The third kappa shape index (κ3) is 2.57. The van der Waals surface area contributed by atoms with Crippen molar-refractivity contribution >= 4 is 23.7 Å². The minimum atomic E-state index is -0.454. The second-order valence-corrected chi connectivity index (χ2v) is 8.85. The molecule has 2 heterocycles. The fourth-order valence-corrected chi connectivity index (χ4v) is 5.73. The standard InChI is InChI=1S/C23H19N3O5/c1-11-2-3-12(26(29)30)8-16(11)19-7-4-13(31-19)10-24-25-22(27)20-14-5-6-15(18-9-17(14)18)21(20)23(25)28/h2-8,10,14-15,17-18,20-21H,9H2,1H3/b24-10-/t14-,15-,17-,18-,20+,21+/m1/s1. The van der Waals surface area contributed by atoms with Gasteiger partial charge in [0.2, 0.25) is 0 Å². The van der Waals surface area contributed by atoms with Crippen LogP contribution in [-0.4, -0.2) is 28.0 Å². The summed E-state index contributed by atoms with van der Waals surface area (Å²) in [7, 11) is 0. The van der Waals surface area contributed by atoms with E-state index in [9.17, 15) is 19.7 Å². The lowest BCUT2D eigenvalue weighted by atomic mass is 9.63. The molecule has 0 unspecified atom stereocenters. The molecule has 1 saturated heterocycles. The van der Waals surface area contributed by atoms with E-state index < -0.39 is 4.92 Å². The average Bonchev–Trinajstić information content (AvgIpc) is 3.40. The quantitative estimate of drug-likeness (QED) is 0.249. The maximum Gasteiger partial charge on any atom is 0.270 e. The van der Waals surface area contributed by atoms with Gasteiger partial charge in [-0.1, -0.05) is 18.2 Å². The lowest BCUT2D eigenvalue weighted by Gasteiger charge is -2.37. The zero-order chi connectivity index (χ0) is 21.4. The highest BCUT2D eigenvalue weighted by molar-refractivity contribution is 6.06. The van der Waals surface area contributed by atoms with Crippen LogP contribution in [0.15, 0.2) is 52.0 Å². The van der Waals surface area contributed by atoms with Crippen LogP contribution in [0.3, 0.4) is 0 Å². The van der Waals surface area contributed by atoms with Crippen LogP contribution in [0.25, 0.3) is 11.3 Å². The van der Waals surface area contributed by atoms with Gasteiger partial charge in [-0.3, -0.25) is 19.7 Å². The van der Waals surface area contributed by atoms with Crippen molar-refractivity contribution in [3.8, 4) is 11.3 Å². The number of aryl methyl sites for hydroxylation is 1. The average molecular weight is 417 g/mol. The first-order valence-electron chi connectivity index (χ1n) is 10.4. The van der Waals surface area contributed by atoms with Crippen LogP contribution in [0.5, 0.6) is 0 Å². The largest absolute Gasteiger partial charge is 0.455 e. The highest BCUT2D eigenvalue weighted by Gasteiger charge is 2.67. The van der Waals surface area contributed by atoms with Crippen molar-refractivity contribution in [2.45, 2.75) is 13.3 Å². The third-order valence-electron chi connectivity index (χ3n) is 7.26. The summed E-state index contributed by atoms with van der Waals surface area (Å²) in [6.45, 7) is 1.84. The molecule has 6 atom stereocenters. The molecule has 0 radical (unpaired) electrons. The van der Waals surface area contributed by atoms with Crippen LogP contribution in [-0.2, 0) is 9.59 Å². The van der Waals surface area contributed by atoms with Crippen LogP contribution in [0.4, 0.5) is 5.69 Å². The lowest BCUT2D eigenvalue weighted by molar-refractivity contribution is -0.384. The number of allylic oxidation sites excluding steroid dienone is 2. The number of nitrogens with zero attached hydrogens (tertiary/aromatic N) is 3. The Hall–Kier alpha value is -3.55. The summed E-state index contributed by atoms with van der Waals surface area (Å²) < 4.78 is 5.78. The second-order valence-electron chi connectivity index (χ2n) is 8.85. The van der Waals surface area contributed by atoms with E-state index >= 15 is 0 Å². The molecule has 3 fully saturated rings. The van der Waals surface area contributed by atoms with Crippen LogP contribution in [0.1, 0.15) is 17.7 Å². The molecular weight excluding hydrogens is 398 g/mol. The summed E-state index contributed by atoms with van der Waals surface area (Å²) in [5.41, 5.74) is 1.42. The monoisotopic (exact) mass is 417 g/mol. The van der Waals surface area contributed by atoms with Crippen molar-refractivity contribution < 1.29 is 18.9 Å². The zero-order valence-electron chi connectivity index (χ0n) is 16.7. The number of amides is 2. The lowest BCUT2D eigenvalue weighted by Crippen LogP contribution is -2.40. The molecule has 0 N–H and O–H groups in total. The number of nitro benzene ring substituents is 1. The van der Waals surface area contributed by atoms with Crippen LogP contribution in [0, 0.1) is 52.5 Å². The first-order valence-corrected chi connectivity index (χ1v) is 10.4. The Morgan fingerprint density at radius 2 is 1.77 bits per heavy atom. The molecule has 1 aromatic carbocycles. The second kappa shape index (κ2) is 6.23. The molecule has 5 aliphatic rings. The molecule has 8 heteroatoms. The van der Waals surface area contributed by atoms with E-state index in [1.165, 1.54) is 18.3 Å². The van der Waals surface area contributed by atoms with Crippen molar-refractivity contribution in [3.05, 3.63) is 63.9 Å². The van der Waals surface area contributed by atoms with Crippen LogP contribution >= 0.6 is 0 Å². The van der Waals surface area contributed by atoms with Gasteiger partial charge in [0.1, 0.15) is 11.5 Å². The van der Waals surface area contributed by atoms with Gasteiger partial charge in [-0.2, -0.15) is 10.1 Å². The van der Waals surface area contributed by atoms with E-state index in [1.807, 2.05) is 6.92 Å². The normalized spacial score (nSPS) is 32.6. The summed E-state index contributed by atoms with van der Waals surface area (Å²) in [5, 5.41) is 16.3. The van der Waals surface area contributed by atoms with Crippen LogP contribution < -0.4 is 0 Å². The number of benzene rings is 1. The van der Waals surface area contributed by atoms with Gasteiger partial charge in [-0.05, 0) is 54.7 Å². The van der Waals surface area contributed by atoms with Gasteiger partial charge >= 0.3 is 0 Å². The molecule has 2 amide bonds. The van der Waals surface area contributed by atoms with Crippen molar-refractivity contribution in [1.29, 1.82) is 0 Å². The Kier molecular flexibility index (Phi) is 3.66. The molecule has 156 valence electrons. The van der Waals surface area contributed by atoms with Crippen molar-refractivity contribution in [3.63, 3.8) is 0 Å². The van der Waals surface area contributed by atoms with E-state index in [0.717, 1.165) is 17.0 Å². The molecule has 7 rings (SSSR count). The van der Waals surface area contributed by atoms with E-state index in [0.29, 0.717) is 28.9 Å². The fourth-order valence-electron chi connectivity index (χ4n) is 5.73. The summed E-state index contributed by atoms with van der Waals surface area (Å²) in [6.07, 6.45) is 6.72. The van der Waals surface area contributed by atoms with Gasteiger partial charge in [-0.25, -0.2) is 0 Å². The molecule has 31 heavy (non-hydrogen) atoms. The van der Waals surface area contributed by atoms with Gasteiger partial charge in [0.25, 0.3) is 17.5 Å². The summed E-state index contributed by atoms with van der Waals surface area (Å²) >= 11 is 0. The topological polar surface area (TPSA) is 106 Å². The van der Waals surface area contributed by atoms with Gasteiger partial charge in [-0.15, -0.1) is 0 Å². The van der Waals surface area contributed by atoms with Crippen molar-refractivity contribution in [2.75, 3.05) is 0 Å². The van der Waals surface area contributed by atoms with Crippen LogP contribution in [0.2, 0.25) is 0 Å². The van der Waals surface area contributed by atoms with E-state index in [2.05, 4.69) is 17.3 Å². The summed E-state index contributed by atoms with van der Waals surface area (Å²) in [5.74, 6) is 1.19. The number of furan rings is 1. The highest BCUT2D eigenvalue weighted by Crippen LogP contribution is 2.65. The number of hydrogen-bond acceptors (Lipinski definition) is 6. The van der Waals surface area contributed by atoms with E-state index in [1.54, 1.807) is 18.2 Å². The minimum absolute atomic E-state index is 0.0237. The Morgan fingerprint density at radius 3 is 2.42 bits per heavy atom. The Labute approximate surface area is 177 Å². The number of hydrogen-bond donors (Lipinski definition) is 0. The van der Waals surface area contributed by atoms with Gasteiger partial charge in [0, 0.05) is 17.7 Å². The first-order chi connectivity index (χ1) is 14.9. The molecule has 2 saturated carbocycles. The molecule has 1 aromatic heterocycles. The Balaban J connectivity index is 1.25. The van der Waals surface area contributed by atoms with Gasteiger partial charge in [0.15, 0.2) is 0 Å². The number of hydrazone groups is 1. The number of non-ortho nitro benzene ring substituents is 1. The van der Waals surface area contributed by atoms with Gasteiger partial charge < -0.3 is 4.42 Å². The minimum Gasteiger partial charge on any atom is -0.455 e. The molecule has 0 spiro atoms. The zero-order valence-corrected chi connectivity index (χ0v) is 16.7. The molecule has 2 aromatic rings. The predicted octanol–water partition coefficient (Wildman–Crippen LogP) is 3.55. The first kappa shape index (κ1) is 18.2. The number of carbonyl (C=O) groups is 2. The fraction of sp³-hybridized carbons (Fsp3) is 0.348. The van der Waals surface area contributed by atoms with E-state index in [-0.39, 0.29) is 41.2 Å². The molecule has 2 bridgehead atoms. The molecule has 8 nitrogen and oxygen atoms in total. The predicted molar refractivity (Wildman–Crippen MR) is 110 cm³/mol. The number of rotatable bonds is 4. The number of carbonyl (C=O) groups excluding carboxylic acids is 2. The van der Waals surface area contributed by atoms with E-state index in [4.69, 9.17) is 4.42 Å². The summed E-state index contributed by atoms with van der Waals surface area (Å²) in [4.78, 5) is 36.5. The molecule has 4 aliphatic carbocycles. The maximum absolute atomic E-state index is 13.0. The Bertz CT molecular complexity index is 1180. The third-order valence-corrected chi connectivity index (χ3v) is 7.26. The van der Waals surface area contributed by atoms with Crippen molar-refractivity contribution in [2.24, 2.45) is 40.6 Å². The highest BCUT2D eigenvalue weighted by atomic mass is 16.6. The Morgan fingerprint density at radius 1 is 1.10 bits per heavy atom. The number of imide groups is 1. The summed E-state index contributed by atoms with van der Waals surface area (Å²) in [6, 6.07) is 7.93. The van der Waals surface area contributed by atoms with Gasteiger partial charge in [0.05, 0.1) is 23.0 Å². The SMILES string of the molecule is Cc1ccc([N+](=O)[O-])cc1-c1ccc(/C=N\N2C(=O)[C@H]3[C@@H]4C=C[C@H]([C@H]5C[C@H]45)[C@@H]3C2=O)o1.